The standard InChI is InChI=1S/C10H12N2O5S/c13-7-4-17-8(10(7)14)5-18-9-2-1-6(3-11-9)12(15)16/h1-3,7-8,10,13-14H,4-5H2. The maximum atomic E-state index is 10.4. The van der Waals surface area contributed by atoms with E-state index >= 15 is 0 Å². The molecule has 1 aromatic rings. The number of ether oxygens (including phenoxy) is 1. The smallest absolute Gasteiger partial charge is 0.287 e. The highest BCUT2D eigenvalue weighted by Crippen LogP contribution is 2.24. The first kappa shape index (κ1) is 13.2. The molecule has 2 rings (SSSR count). The minimum atomic E-state index is -0.893. The molecule has 2 N–H and O–H groups in total. The number of rotatable bonds is 4. The first-order valence-corrected chi connectivity index (χ1v) is 6.27. The number of nitrogens with zero attached hydrogens (tertiary/aromatic N) is 2. The summed E-state index contributed by atoms with van der Waals surface area (Å²) < 4.78 is 5.20. The third-order valence-electron chi connectivity index (χ3n) is 2.58. The summed E-state index contributed by atoms with van der Waals surface area (Å²) in [6.07, 6.45) is -0.999. The van der Waals surface area contributed by atoms with Crippen molar-refractivity contribution in [3.8, 4) is 0 Å². The van der Waals surface area contributed by atoms with Crippen LogP contribution in [-0.4, -0.2) is 50.8 Å². The molecular formula is C10H12N2O5S. The predicted molar refractivity (Wildman–Crippen MR) is 63.4 cm³/mol. The highest BCUT2D eigenvalue weighted by molar-refractivity contribution is 7.99. The Bertz CT molecular complexity index is 427. The van der Waals surface area contributed by atoms with Gasteiger partial charge in [-0.3, -0.25) is 10.1 Å². The lowest BCUT2D eigenvalue weighted by Crippen LogP contribution is -2.31. The fourth-order valence-corrected chi connectivity index (χ4v) is 2.47. The van der Waals surface area contributed by atoms with Gasteiger partial charge in [0.15, 0.2) is 0 Å². The van der Waals surface area contributed by atoms with Crippen molar-refractivity contribution in [3.63, 3.8) is 0 Å². The van der Waals surface area contributed by atoms with Crippen LogP contribution in [0, 0.1) is 10.1 Å². The van der Waals surface area contributed by atoms with E-state index in [4.69, 9.17) is 4.74 Å². The van der Waals surface area contributed by atoms with E-state index < -0.39 is 23.2 Å². The number of hydrogen-bond donors (Lipinski definition) is 2. The van der Waals surface area contributed by atoms with Crippen molar-refractivity contribution in [1.29, 1.82) is 0 Å². The monoisotopic (exact) mass is 272 g/mol. The molecule has 98 valence electrons. The molecule has 1 fully saturated rings. The molecule has 0 aliphatic carbocycles. The fraction of sp³-hybridized carbons (Fsp3) is 0.500. The van der Waals surface area contributed by atoms with Crippen LogP contribution < -0.4 is 0 Å². The van der Waals surface area contributed by atoms with Crippen LogP contribution in [0.4, 0.5) is 5.69 Å². The Labute approximate surface area is 107 Å². The molecule has 18 heavy (non-hydrogen) atoms. The largest absolute Gasteiger partial charge is 0.388 e. The van der Waals surface area contributed by atoms with Gasteiger partial charge in [0.25, 0.3) is 5.69 Å². The highest BCUT2D eigenvalue weighted by Gasteiger charge is 2.34. The van der Waals surface area contributed by atoms with Crippen LogP contribution in [-0.2, 0) is 4.74 Å². The third kappa shape index (κ3) is 2.96. The van der Waals surface area contributed by atoms with Crippen LogP contribution in [0.25, 0.3) is 0 Å². The zero-order valence-corrected chi connectivity index (χ0v) is 10.1. The van der Waals surface area contributed by atoms with Crippen molar-refractivity contribution in [3.05, 3.63) is 28.4 Å². The van der Waals surface area contributed by atoms with Crippen molar-refractivity contribution < 1.29 is 19.9 Å². The van der Waals surface area contributed by atoms with Gasteiger partial charge < -0.3 is 14.9 Å². The predicted octanol–water partition coefficient (Wildman–Crippen LogP) is 0.202. The number of aromatic nitrogens is 1. The maximum Gasteiger partial charge on any atom is 0.287 e. The van der Waals surface area contributed by atoms with E-state index in [9.17, 15) is 20.3 Å². The van der Waals surface area contributed by atoms with Crippen molar-refractivity contribution in [1.82, 2.24) is 4.98 Å². The summed E-state index contributed by atoms with van der Waals surface area (Å²) in [5, 5.41) is 29.9. The Balaban J connectivity index is 1.89. The van der Waals surface area contributed by atoms with Crippen LogP contribution in [0.3, 0.4) is 0 Å². The average molecular weight is 272 g/mol. The molecule has 2 heterocycles. The van der Waals surface area contributed by atoms with E-state index in [1.807, 2.05) is 0 Å². The summed E-state index contributed by atoms with van der Waals surface area (Å²) in [6, 6.07) is 2.91. The molecule has 0 amide bonds. The van der Waals surface area contributed by atoms with E-state index in [1.54, 1.807) is 6.07 Å². The number of thioether (sulfide) groups is 1. The molecular weight excluding hydrogens is 260 g/mol. The molecule has 1 aromatic heterocycles. The van der Waals surface area contributed by atoms with Gasteiger partial charge in [-0.1, -0.05) is 0 Å². The van der Waals surface area contributed by atoms with Gasteiger partial charge >= 0.3 is 0 Å². The number of nitro groups is 1. The Hall–Kier alpha value is -1.22. The topological polar surface area (TPSA) is 106 Å². The van der Waals surface area contributed by atoms with Gasteiger partial charge in [-0.05, 0) is 6.07 Å². The summed E-state index contributed by atoms with van der Waals surface area (Å²) in [5.74, 6) is 0.434. The third-order valence-corrected chi connectivity index (χ3v) is 3.62. The Morgan fingerprint density at radius 3 is 2.83 bits per heavy atom. The van der Waals surface area contributed by atoms with E-state index in [0.717, 1.165) is 0 Å². The summed E-state index contributed by atoms with van der Waals surface area (Å²) in [7, 11) is 0. The summed E-state index contributed by atoms with van der Waals surface area (Å²) in [4.78, 5) is 13.9. The van der Waals surface area contributed by atoms with Crippen LogP contribution >= 0.6 is 11.8 Å². The first-order valence-electron chi connectivity index (χ1n) is 5.29. The molecule has 0 saturated carbocycles. The van der Waals surface area contributed by atoms with Crippen molar-refractivity contribution in [2.45, 2.75) is 23.3 Å². The quantitative estimate of drug-likeness (QED) is 0.458. The summed E-state index contributed by atoms with van der Waals surface area (Å²) in [5.41, 5.74) is -0.0630. The SMILES string of the molecule is O=[N+]([O-])c1ccc(SCC2OCC(O)C2O)nc1. The molecule has 8 heteroatoms. The highest BCUT2D eigenvalue weighted by atomic mass is 32.2. The lowest BCUT2D eigenvalue weighted by atomic mass is 10.2. The van der Waals surface area contributed by atoms with E-state index in [2.05, 4.69) is 4.98 Å². The van der Waals surface area contributed by atoms with E-state index in [0.29, 0.717) is 10.8 Å². The minimum Gasteiger partial charge on any atom is -0.388 e. The van der Waals surface area contributed by atoms with Crippen molar-refractivity contribution in [2.75, 3.05) is 12.4 Å². The zero-order valence-electron chi connectivity index (χ0n) is 9.30. The number of aliphatic hydroxyl groups is 2. The number of aliphatic hydroxyl groups excluding tert-OH is 2. The molecule has 0 bridgehead atoms. The normalized spacial score (nSPS) is 27.3. The fourth-order valence-electron chi connectivity index (χ4n) is 1.55. The van der Waals surface area contributed by atoms with Crippen LogP contribution in [0.5, 0.6) is 0 Å². The molecule has 1 aliphatic heterocycles. The second-order valence-corrected chi connectivity index (χ2v) is 4.89. The van der Waals surface area contributed by atoms with Crippen molar-refractivity contribution in [2.24, 2.45) is 0 Å². The van der Waals surface area contributed by atoms with Gasteiger partial charge in [-0.25, -0.2) is 4.98 Å². The van der Waals surface area contributed by atoms with Crippen molar-refractivity contribution >= 4 is 17.4 Å². The Kier molecular flexibility index (Phi) is 4.12. The van der Waals surface area contributed by atoms with E-state index in [-0.39, 0.29) is 12.3 Å². The lowest BCUT2D eigenvalue weighted by molar-refractivity contribution is -0.385. The molecule has 0 radical (unpaired) electrons. The molecule has 0 spiro atoms. The summed E-state index contributed by atoms with van der Waals surface area (Å²) >= 11 is 1.31. The van der Waals surface area contributed by atoms with Gasteiger partial charge in [0, 0.05) is 11.8 Å². The molecule has 1 aliphatic rings. The van der Waals surface area contributed by atoms with Crippen LogP contribution in [0.2, 0.25) is 0 Å². The molecule has 3 unspecified atom stereocenters. The van der Waals surface area contributed by atoms with Gasteiger partial charge in [-0.2, -0.15) is 0 Å². The molecule has 7 nitrogen and oxygen atoms in total. The molecule has 1 saturated heterocycles. The van der Waals surface area contributed by atoms with E-state index in [1.165, 1.54) is 24.0 Å². The van der Waals surface area contributed by atoms with Gasteiger partial charge in [0.05, 0.1) is 22.7 Å². The van der Waals surface area contributed by atoms with Crippen LogP contribution in [0.15, 0.2) is 23.4 Å². The number of hydrogen-bond acceptors (Lipinski definition) is 7. The van der Waals surface area contributed by atoms with Gasteiger partial charge in [0.1, 0.15) is 18.4 Å². The maximum absolute atomic E-state index is 10.4. The summed E-state index contributed by atoms with van der Waals surface area (Å²) in [6.45, 7) is 0.125. The van der Waals surface area contributed by atoms with Crippen LogP contribution in [0.1, 0.15) is 0 Å². The van der Waals surface area contributed by atoms with Gasteiger partial charge in [0.2, 0.25) is 0 Å². The average Bonchev–Trinajstić information content (AvgIpc) is 2.68. The second kappa shape index (κ2) is 5.61. The lowest BCUT2D eigenvalue weighted by Gasteiger charge is -2.13. The Morgan fingerprint density at radius 1 is 1.56 bits per heavy atom. The van der Waals surface area contributed by atoms with Gasteiger partial charge in [-0.15, -0.1) is 11.8 Å². The molecule has 3 atom stereocenters. The second-order valence-electron chi connectivity index (χ2n) is 3.85. The zero-order chi connectivity index (χ0) is 13.1. The molecule has 0 aromatic carbocycles. The number of pyridine rings is 1. The Morgan fingerprint density at radius 2 is 2.33 bits per heavy atom. The first-order chi connectivity index (χ1) is 8.58. The minimum absolute atomic E-state index is 0.0630.